The zero-order chi connectivity index (χ0) is 9.14. The van der Waals surface area contributed by atoms with Gasteiger partial charge in [-0.3, -0.25) is 4.79 Å². The van der Waals surface area contributed by atoms with E-state index in [1.807, 2.05) is 6.92 Å². The first kappa shape index (κ1) is 9.13. The molecular formula is C9H11NOS. The van der Waals surface area contributed by atoms with E-state index in [0.717, 1.165) is 4.90 Å². The number of carbonyl (C=O) groups excluding carboxylic acids is 1. The predicted octanol–water partition coefficient (Wildman–Crippen LogP) is 2.15. The predicted molar refractivity (Wildman–Crippen MR) is 52.7 cm³/mol. The lowest BCUT2D eigenvalue weighted by Crippen LogP contribution is -1.98. The van der Waals surface area contributed by atoms with Gasteiger partial charge in [0.15, 0.2) is 5.78 Å². The number of thiol groups is 1. The third-order valence-corrected chi connectivity index (χ3v) is 1.84. The molecule has 0 aliphatic heterocycles. The summed E-state index contributed by atoms with van der Waals surface area (Å²) in [6.07, 6.45) is 0.497. The Morgan fingerprint density at radius 3 is 2.67 bits per heavy atom. The Bertz CT molecular complexity index is 289. The van der Waals surface area contributed by atoms with Gasteiger partial charge in [0.1, 0.15) is 0 Å². The monoisotopic (exact) mass is 181 g/mol. The van der Waals surface area contributed by atoms with E-state index in [4.69, 9.17) is 5.73 Å². The van der Waals surface area contributed by atoms with Gasteiger partial charge in [-0.2, -0.15) is 0 Å². The van der Waals surface area contributed by atoms with Gasteiger partial charge in [0.05, 0.1) is 0 Å². The van der Waals surface area contributed by atoms with Gasteiger partial charge < -0.3 is 5.73 Å². The lowest BCUT2D eigenvalue weighted by molar-refractivity contribution is 0.0988. The van der Waals surface area contributed by atoms with Crippen LogP contribution in [-0.4, -0.2) is 5.78 Å². The first-order valence-electron chi connectivity index (χ1n) is 3.76. The standard InChI is InChI=1S/C9H11NOS/c1-2-9(11)6-3-7(10)5-8(12)4-6/h3-5,12H,2,10H2,1H3. The van der Waals surface area contributed by atoms with Gasteiger partial charge in [-0.1, -0.05) is 6.92 Å². The summed E-state index contributed by atoms with van der Waals surface area (Å²) in [4.78, 5) is 12.0. The molecule has 0 heterocycles. The highest BCUT2D eigenvalue weighted by Crippen LogP contribution is 2.16. The Morgan fingerprint density at radius 2 is 2.17 bits per heavy atom. The molecule has 2 N–H and O–H groups in total. The molecule has 3 heteroatoms. The highest BCUT2D eigenvalue weighted by Gasteiger charge is 2.03. The lowest BCUT2D eigenvalue weighted by Gasteiger charge is -2.00. The fourth-order valence-electron chi connectivity index (χ4n) is 1.000. The van der Waals surface area contributed by atoms with Crippen molar-refractivity contribution in [1.29, 1.82) is 0 Å². The van der Waals surface area contributed by atoms with E-state index >= 15 is 0 Å². The first-order valence-corrected chi connectivity index (χ1v) is 4.21. The lowest BCUT2D eigenvalue weighted by atomic mass is 10.1. The van der Waals surface area contributed by atoms with Crippen molar-refractivity contribution in [2.24, 2.45) is 0 Å². The molecule has 0 saturated carbocycles. The molecule has 0 amide bonds. The fraction of sp³-hybridized carbons (Fsp3) is 0.222. The maximum Gasteiger partial charge on any atom is 0.162 e. The Hall–Kier alpha value is -0.960. The van der Waals surface area contributed by atoms with E-state index in [0.29, 0.717) is 17.7 Å². The molecule has 0 unspecified atom stereocenters. The maximum absolute atomic E-state index is 11.2. The van der Waals surface area contributed by atoms with Crippen molar-refractivity contribution in [3.8, 4) is 0 Å². The van der Waals surface area contributed by atoms with E-state index in [-0.39, 0.29) is 5.78 Å². The number of rotatable bonds is 2. The van der Waals surface area contributed by atoms with Gasteiger partial charge in [-0.25, -0.2) is 0 Å². The molecule has 0 aromatic heterocycles. The molecule has 12 heavy (non-hydrogen) atoms. The van der Waals surface area contributed by atoms with Crippen LogP contribution in [0, 0.1) is 0 Å². The van der Waals surface area contributed by atoms with Crippen LogP contribution in [0.1, 0.15) is 23.7 Å². The second-order valence-electron chi connectivity index (χ2n) is 2.59. The van der Waals surface area contributed by atoms with Crippen molar-refractivity contribution in [2.45, 2.75) is 18.2 Å². The molecule has 0 radical (unpaired) electrons. The number of Topliss-reactive ketones (excluding diaryl/α,β-unsaturated/α-hetero) is 1. The summed E-state index contributed by atoms with van der Waals surface area (Å²) in [6, 6.07) is 5.12. The normalized spacial score (nSPS) is 9.83. The Kier molecular flexibility index (Phi) is 2.76. The second kappa shape index (κ2) is 3.63. The Balaban J connectivity index is 3.08. The topological polar surface area (TPSA) is 43.1 Å². The largest absolute Gasteiger partial charge is 0.399 e. The molecule has 0 aliphatic carbocycles. The molecule has 64 valence electrons. The van der Waals surface area contributed by atoms with Crippen LogP contribution in [0.2, 0.25) is 0 Å². The van der Waals surface area contributed by atoms with E-state index < -0.39 is 0 Å². The minimum absolute atomic E-state index is 0.0950. The molecule has 1 aromatic carbocycles. The average molecular weight is 181 g/mol. The summed E-state index contributed by atoms with van der Waals surface area (Å²) >= 11 is 4.13. The maximum atomic E-state index is 11.2. The Morgan fingerprint density at radius 1 is 1.50 bits per heavy atom. The minimum atomic E-state index is 0.0950. The van der Waals surface area contributed by atoms with Crippen molar-refractivity contribution in [2.75, 3.05) is 5.73 Å². The van der Waals surface area contributed by atoms with E-state index in [1.54, 1.807) is 18.2 Å². The first-order chi connectivity index (χ1) is 5.63. The molecule has 1 rings (SSSR count). The molecular weight excluding hydrogens is 170 g/mol. The Labute approximate surface area is 77.2 Å². The van der Waals surface area contributed by atoms with E-state index in [2.05, 4.69) is 12.6 Å². The second-order valence-corrected chi connectivity index (χ2v) is 3.11. The van der Waals surface area contributed by atoms with Gasteiger partial charge in [0.25, 0.3) is 0 Å². The summed E-state index contributed by atoms with van der Waals surface area (Å²) < 4.78 is 0. The van der Waals surface area contributed by atoms with Gasteiger partial charge in [-0.05, 0) is 18.2 Å². The molecule has 0 aliphatic rings. The summed E-state index contributed by atoms with van der Waals surface area (Å²) in [6.45, 7) is 1.82. The van der Waals surface area contributed by atoms with Crippen molar-refractivity contribution < 1.29 is 4.79 Å². The average Bonchev–Trinajstić information content (AvgIpc) is 2.01. The number of anilines is 1. The molecule has 2 nitrogen and oxygen atoms in total. The summed E-state index contributed by atoms with van der Waals surface area (Å²) in [5, 5.41) is 0. The molecule has 1 aromatic rings. The zero-order valence-electron chi connectivity index (χ0n) is 6.87. The number of hydrogen-bond donors (Lipinski definition) is 2. The van der Waals surface area contributed by atoms with E-state index in [1.165, 1.54) is 0 Å². The number of nitrogens with two attached hydrogens (primary N) is 1. The van der Waals surface area contributed by atoms with Crippen LogP contribution in [0.4, 0.5) is 5.69 Å². The van der Waals surface area contributed by atoms with Crippen LogP contribution in [0.5, 0.6) is 0 Å². The summed E-state index contributed by atoms with van der Waals surface area (Å²) in [7, 11) is 0. The third kappa shape index (κ3) is 2.01. The highest BCUT2D eigenvalue weighted by molar-refractivity contribution is 7.80. The van der Waals surface area contributed by atoms with Crippen LogP contribution in [0.15, 0.2) is 23.1 Å². The van der Waals surface area contributed by atoms with E-state index in [9.17, 15) is 4.79 Å². The SMILES string of the molecule is CCC(=O)c1cc(N)cc(S)c1. The zero-order valence-corrected chi connectivity index (χ0v) is 7.77. The minimum Gasteiger partial charge on any atom is -0.399 e. The van der Waals surface area contributed by atoms with Gasteiger partial charge in [0, 0.05) is 22.6 Å². The number of carbonyl (C=O) groups is 1. The molecule has 0 bridgehead atoms. The summed E-state index contributed by atoms with van der Waals surface area (Å²) in [5.74, 6) is 0.0950. The van der Waals surface area contributed by atoms with Crippen LogP contribution in [0.3, 0.4) is 0 Å². The van der Waals surface area contributed by atoms with Gasteiger partial charge in [-0.15, -0.1) is 12.6 Å². The highest BCUT2D eigenvalue weighted by atomic mass is 32.1. The van der Waals surface area contributed by atoms with Crippen LogP contribution < -0.4 is 5.73 Å². The summed E-state index contributed by atoms with van der Waals surface area (Å²) in [5.41, 5.74) is 6.77. The van der Waals surface area contributed by atoms with Crippen molar-refractivity contribution in [3.63, 3.8) is 0 Å². The van der Waals surface area contributed by atoms with Gasteiger partial charge in [0.2, 0.25) is 0 Å². The van der Waals surface area contributed by atoms with Crippen LogP contribution >= 0.6 is 12.6 Å². The van der Waals surface area contributed by atoms with Crippen LogP contribution in [-0.2, 0) is 0 Å². The third-order valence-electron chi connectivity index (χ3n) is 1.58. The fourth-order valence-corrected chi connectivity index (χ4v) is 1.29. The molecule has 0 fully saturated rings. The number of benzene rings is 1. The van der Waals surface area contributed by atoms with Crippen molar-refractivity contribution >= 4 is 24.1 Å². The molecule has 0 spiro atoms. The van der Waals surface area contributed by atoms with Gasteiger partial charge >= 0.3 is 0 Å². The van der Waals surface area contributed by atoms with Crippen molar-refractivity contribution in [1.82, 2.24) is 0 Å². The number of ketones is 1. The molecule has 0 atom stereocenters. The quantitative estimate of drug-likeness (QED) is 0.417. The van der Waals surface area contributed by atoms with Crippen LogP contribution in [0.25, 0.3) is 0 Å². The molecule has 0 saturated heterocycles. The number of hydrogen-bond acceptors (Lipinski definition) is 3. The number of nitrogen functional groups attached to an aromatic ring is 1. The smallest absolute Gasteiger partial charge is 0.162 e. The van der Waals surface area contributed by atoms with Crippen molar-refractivity contribution in [3.05, 3.63) is 23.8 Å².